The van der Waals surface area contributed by atoms with E-state index in [1.54, 1.807) is 39.0 Å². The van der Waals surface area contributed by atoms with Crippen LogP contribution in [0.25, 0.3) is 0 Å². The Hall–Kier alpha value is -1.76. The number of nitrogen functional groups attached to an aromatic ring is 1. The van der Waals surface area contributed by atoms with Crippen molar-refractivity contribution in [3.63, 3.8) is 0 Å². The highest BCUT2D eigenvalue weighted by atomic mass is 79.9. The van der Waals surface area contributed by atoms with E-state index in [-0.39, 0.29) is 0 Å². The van der Waals surface area contributed by atoms with Gasteiger partial charge in [-0.05, 0) is 23.6 Å². The molecular formula is C13H18BrN3O3. The first kappa shape index (κ1) is 16.3. The molecule has 0 fully saturated rings. The number of carbonyl (C=O) groups excluding carboxylic acids is 1. The molecule has 110 valence electrons. The third-order valence-corrected chi connectivity index (χ3v) is 3.16. The Labute approximate surface area is 125 Å². The van der Waals surface area contributed by atoms with Crippen molar-refractivity contribution in [2.24, 2.45) is 5.41 Å². The maximum Gasteiger partial charge on any atom is 0.405 e. The van der Waals surface area contributed by atoms with Crippen LogP contribution in [0.15, 0.2) is 22.7 Å². The Morgan fingerprint density at radius 1 is 1.35 bits per heavy atom. The Morgan fingerprint density at radius 3 is 2.40 bits per heavy atom. The summed E-state index contributed by atoms with van der Waals surface area (Å²) in [5.41, 5.74) is 6.08. The van der Waals surface area contributed by atoms with Gasteiger partial charge in [-0.15, -0.1) is 0 Å². The van der Waals surface area contributed by atoms with Gasteiger partial charge in [-0.25, -0.2) is 4.79 Å². The van der Waals surface area contributed by atoms with Gasteiger partial charge in [0.1, 0.15) is 6.04 Å². The average molecular weight is 344 g/mol. The Kier molecular flexibility index (Phi) is 4.99. The van der Waals surface area contributed by atoms with Gasteiger partial charge in [0.15, 0.2) is 0 Å². The summed E-state index contributed by atoms with van der Waals surface area (Å²) in [7, 11) is 0. The normalized spacial score (nSPS) is 12.6. The first-order valence-corrected chi connectivity index (χ1v) is 6.76. The summed E-state index contributed by atoms with van der Waals surface area (Å²) in [5.74, 6) is -0.450. The fourth-order valence-electron chi connectivity index (χ4n) is 1.65. The number of hydrogen-bond donors (Lipinski definition) is 4. The molecule has 20 heavy (non-hydrogen) atoms. The van der Waals surface area contributed by atoms with Crippen LogP contribution < -0.4 is 16.4 Å². The van der Waals surface area contributed by atoms with Crippen molar-refractivity contribution >= 4 is 39.3 Å². The lowest BCUT2D eigenvalue weighted by Gasteiger charge is -2.29. The van der Waals surface area contributed by atoms with Gasteiger partial charge in [-0.1, -0.05) is 36.7 Å². The van der Waals surface area contributed by atoms with E-state index in [0.29, 0.717) is 11.4 Å². The molecule has 0 saturated carbocycles. The number of nitrogens with one attached hydrogen (secondary N) is 2. The van der Waals surface area contributed by atoms with E-state index >= 15 is 0 Å². The van der Waals surface area contributed by atoms with Gasteiger partial charge < -0.3 is 21.5 Å². The second-order valence-electron chi connectivity index (χ2n) is 5.47. The smallest absolute Gasteiger partial charge is 0.405 e. The summed E-state index contributed by atoms with van der Waals surface area (Å²) >= 11 is 3.27. The van der Waals surface area contributed by atoms with Crippen molar-refractivity contribution in [3.05, 3.63) is 22.7 Å². The number of halogens is 1. The lowest BCUT2D eigenvalue weighted by atomic mass is 9.86. The highest BCUT2D eigenvalue weighted by Gasteiger charge is 2.33. The third-order valence-electron chi connectivity index (χ3n) is 2.67. The van der Waals surface area contributed by atoms with E-state index in [4.69, 9.17) is 10.8 Å². The van der Waals surface area contributed by atoms with Crippen molar-refractivity contribution in [1.29, 1.82) is 0 Å². The number of anilines is 2. The molecule has 7 heteroatoms. The van der Waals surface area contributed by atoms with E-state index in [1.165, 1.54) is 0 Å². The summed E-state index contributed by atoms with van der Waals surface area (Å²) < 4.78 is 0.795. The van der Waals surface area contributed by atoms with Crippen molar-refractivity contribution < 1.29 is 14.7 Å². The number of carboxylic acid groups (broad SMARTS) is 1. The van der Waals surface area contributed by atoms with E-state index in [2.05, 4.69) is 26.6 Å². The SMILES string of the molecule is CC(C)(C)C(NC(=O)O)C(=O)Nc1ccc(Br)cc1N. The molecule has 0 saturated heterocycles. The molecule has 1 rings (SSSR count). The minimum absolute atomic E-state index is 0.399. The van der Waals surface area contributed by atoms with Gasteiger partial charge in [0.25, 0.3) is 0 Å². The molecule has 1 aromatic carbocycles. The van der Waals surface area contributed by atoms with Gasteiger partial charge in [-0.3, -0.25) is 4.79 Å². The molecule has 0 aromatic heterocycles. The zero-order chi connectivity index (χ0) is 15.5. The van der Waals surface area contributed by atoms with Crippen molar-refractivity contribution in [2.75, 3.05) is 11.1 Å². The van der Waals surface area contributed by atoms with Gasteiger partial charge in [0, 0.05) is 4.47 Å². The highest BCUT2D eigenvalue weighted by Crippen LogP contribution is 2.25. The van der Waals surface area contributed by atoms with Gasteiger partial charge >= 0.3 is 6.09 Å². The topological polar surface area (TPSA) is 104 Å². The number of hydrogen-bond acceptors (Lipinski definition) is 3. The Morgan fingerprint density at radius 2 is 1.95 bits per heavy atom. The number of nitrogens with two attached hydrogens (primary N) is 1. The van der Waals surface area contributed by atoms with Crippen LogP contribution in [-0.2, 0) is 4.79 Å². The van der Waals surface area contributed by atoms with Crippen LogP contribution in [-0.4, -0.2) is 23.1 Å². The minimum atomic E-state index is -1.25. The zero-order valence-corrected chi connectivity index (χ0v) is 13.1. The molecule has 0 aliphatic heterocycles. The van der Waals surface area contributed by atoms with Crippen LogP contribution in [0.1, 0.15) is 20.8 Å². The number of benzene rings is 1. The van der Waals surface area contributed by atoms with Crippen LogP contribution in [0, 0.1) is 5.41 Å². The van der Waals surface area contributed by atoms with Crippen LogP contribution in [0.2, 0.25) is 0 Å². The van der Waals surface area contributed by atoms with Crippen LogP contribution in [0.3, 0.4) is 0 Å². The molecule has 1 unspecified atom stereocenters. The molecule has 0 aliphatic carbocycles. The summed E-state index contributed by atoms with van der Waals surface area (Å²) in [6, 6.07) is 4.16. The predicted octanol–water partition coefficient (Wildman–Crippen LogP) is 2.65. The van der Waals surface area contributed by atoms with E-state index in [0.717, 1.165) is 4.47 Å². The fourth-order valence-corrected chi connectivity index (χ4v) is 2.03. The molecule has 2 amide bonds. The first-order chi connectivity index (χ1) is 9.11. The molecule has 1 atom stereocenters. The monoisotopic (exact) mass is 343 g/mol. The highest BCUT2D eigenvalue weighted by molar-refractivity contribution is 9.10. The Bertz CT molecular complexity index is 526. The number of carbonyl (C=O) groups is 2. The maximum atomic E-state index is 12.2. The van der Waals surface area contributed by atoms with Gasteiger partial charge in [0.05, 0.1) is 11.4 Å². The van der Waals surface area contributed by atoms with Gasteiger partial charge in [-0.2, -0.15) is 0 Å². The maximum absolute atomic E-state index is 12.2. The molecule has 1 aromatic rings. The molecule has 0 aliphatic rings. The Balaban J connectivity index is 2.93. The quantitative estimate of drug-likeness (QED) is 0.633. The largest absolute Gasteiger partial charge is 0.465 e. The standard InChI is InChI=1S/C13H18BrN3O3/c1-13(2,3)10(17-12(19)20)11(18)16-9-5-4-7(14)6-8(9)15/h4-6,10,17H,15H2,1-3H3,(H,16,18)(H,19,20). The molecule has 0 spiro atoms. The summed E-state index contributed by atoms with van der Waals surface area (Å²) in [6.07, 6.45) is -1.25. The van der Waals surface area contributed by atoms with Gasteiger partial charge in [0.2, 0.25) is 5.91 Å². The number of rotatable bonds is 3. The fraction of sp³-hybridized carbons (Fsp3) is 0.385. The zero-order valence-electron chi connectivity index (χ0n) is 11.5. The molecule has 0 radical (unpaired) electrons. The minimum Gasteiger partial charge on any atom is -0.465 e. The molecular weight excluding hydrogens is 326 g/mol. The summed E-state index contributed by atoms with van der Waals surface area (Å²) in [4.78, 5) is 23.0. The lowest BCUT2D eigenvalue weighted by Crippen LogP contribution is -2.51. The third kappa shape index (κ3) is 4.41. The van der Waals surface area contributed by atoms with E-state index in [9.17, 15) is 9.59 Å². The van der Waals surface area contributed by atoms with Crippen molar-refractivity contribution in [1.82, 2.24) is 5.32 Å². The number of amides is 2. The van der Waals surface area contributed by atoms with Crippen LogP contribution in [0.4, 0.5) is 16.2 Å². The molecule has 0 bridgehead atoms. The molecule has 5 N–H and O–H groups in total. The van der Waals surface area contributed by atoms with E-state index < -0.39 is 23.5 Å². The summed E-state index contributed by atoms with van der Waals surface area (Å²) in [5, 5.41) is 13.7. The second kappa shape index (κ2) is 6.13. The van der Waals surface area contributed by atoms with Crippen LogP contribution in [0.5, 0.6) is 0 Å². The summed E-state index contributed by atoms with van der Waals surface area (Å²) in [6.45, 7) is 5.33. The first-order valence-electron chi connectivity index (χ1n) is 5.96. The average Bonchev–Trinajstić information content (AvgIpc) is 2.28. The van der Waals surface area contributed by atoms with Crippen molar-refractivity contribution in [3.8, 4) is 0 Å². The molecule has 6 nitrogen and oxygen atoms in total. The van der Waals surface area contributed by atoms with Crippen LogP contribution >= 0.6 is 15.9 Å². The lowest BCUT2D eigenvalue weighted by molar-refractivity contribution is -0.120. The van der Waals surface area contributed by atoms with Crippen molar-refractivity contribution in [2.45, 2.75) is 26.8 Å². The van der Waals surface area contributed by atoms with E-state index in [1.807, 2.05) is 0 Å². The second-order valence-corrected chi connectivity index (χ2v) is 6.39. The molecule has 0 heterocycles. The predicted molar refractivity (Wildman–Crippen MR) is 81.6 cm³/mol.